The number of rotatable bonds is 13. The van der Waals surface area contributed by atoms with E-state index in [-0.39, 0.29) is 24.3 Å². The summed E-state index contributed by atoms with van der Waals surface area (Å²) in [4.78, 5) is 24.8. The second kappa shape index (κ2) is 13.6. The summed E-state index contributed by atoms with van der Waals surface area (Å²) >= 11 is 5.62. The number of amides is 1. The first-order valence-electron chi connectivity index (χ1n) is 11.2. The fraction of sp³-hybridized carbons (Fsp3) is 0.423. The van der Waals surface area contributed by atoms with Gasteiger partial charge in [0.1, 0.15) is 0 Å². The van der Waals surface area contributed by atoms with Gasteiger partial charge in [-0.3, -0.25) is 9.59 Å². The molecule has 2 atom stereocenters. The number of aliphatic carboxylic acids is 1. The lowest BCUT2D eigenvalue weighted by Gasteiger charge is -2.22. The van der Waals surface area contributed by atoms with Crippen LogP contribution in [0.5, 0.6) is 0 Å². The quantitative estimate of drug-likeness (QED) is 0.309. The summed E-state index contributed by atoms with van der Waals surface area (Å²) in [5, 5.41) is 15.7. The van der Waals surface area contributed by atoms with Crippen LogP contribution < -0.4 is 10.6 Å². The zero-order chi connectivity index (χ0) is 23.3. The molecule has 0 saturated heterocycles. The number of nitrogens with one attached hydrogen (secondary N) is 2. The van der Waals surface area contributed by atoms with E-state index in [9.17, 15) is 14.7 Å². The van der Waals surface area contributed by atoms with Crippen LogP contribution in [-0.4, -0.2) is 34.6 Å². The van der Waals surface area contributed by atoms with Gasteiger partial charge in [0.2, 0.25) is 5.91 Å². The lowest BCUT2D eigenvalue weighted by atomic mass is 9.93. The number of aryl methyl sites for hydroxylation is 1. The number of hydrogen-bond donors (Lipinski definition) is 3. The molecule has 3 N–H and O–H groups in total. The molecule has 0 radical (unpaired) electrons. The molecule has 0 aromatic heterocycles. The van der Waals surface area contributed by atoms with Crippen LogP contribution in [-0.2, 0) is 22.4 Å². The summed E-state index contributed by atoms with van der Waals surface area (Å²) < 4.78 is 0. The maximum atomic E-state index is 12.7. The van der Waals surface area contributed by atoms with E-state index in [4.69, 9.17) is 12.2 Å². The normalized spacial score (nSPS) is 12.7. The Balaban J connectivity index is 1.95. The first kappa shape index (κ1) is 25.5. The van der Waals surface area contributed by atoms with Crippen LogP contribution in [0.25, 0.3) is 0 Å². The Hall–Kier alpha value is -2.73. The molecular formula is C26H34N2O3S. The fourth-order valence-electron chi connectivity index (χ4n) is 3.65. The molecule has 2 rings (SSSR count). The molecule has 0 fully saturated rings. The van der Waals surface area contributed by atoms with E-state index in [1.54, 1.807) is 0 Å². The van der Waals surface area contributed by atoms with Gasteiger partial charge in [0.05, 0.1) is 16.9 Å². The van der Waals surface area contributed by atoms with E-state index < -0.39 is 11.9 Å². The summed E-state index contributed by atoms with van der Waals surface area (Å²) in [5.74, 6) is -1.71. The molecule has 2 aromatic carbocycles. The third kappa shape index (κ3) is 9.60. The lowest BCUT2D eigenvalue weighted by molar-refractivity contribution is -0.144. The average Bonchev–Trinajstić information content (AvgIpc) is 2.76. The summed E-state index contributed by atoms with van der Waals surface area (Å²) in [7, 11) is 0. The minimum absolute atomic E-state index is 0.0462. The molecule has 32 heavy (non-hydrogen) atoms. The monoisotopic (exact) mass is 454 g/mol. The smallest absolute Gasteiger partial charge is 0.307 e. The van der Waals surface area contributed by atoms with Crippen molar-refractivity contribution in [3.63, 3.8) is 0 Å². The predicted molar refractivity (Wildman–Crippen MR) is 133 cm³/mol. The summed E-state index contributed by atoms with van der Waals surface area (Å²) in [6, 6.07) is 19.7. The SMILES string of the molecule is CC(C)CC(CC(=O)NC(Cc1ccccc1)C(=S)NCCCc1ccccc1)C(=O)O. The Morgan fingerprint density at radius 1 is 0.969 bits per heavy atom. The topological polar surface area (TPSA) is 78.4 Å². The van der Waals surface area contributed by atoms with Crippen molar-refractivity contribution in [2.24, 2.45) is 11.8 Å². The Kier molecular flexibility index (Phi) is 10.9. The largest absolute Gasteiger partial charge is 0.481 e. The standard InChI is InChI=1S/C26H34N2O3S/c1-19(2)16-22(26(30)31)18-24(29)28-23(17-21-12-7-4-8-13-21)25(32)27-15-9-14-20-10-5-3-6-11-20/h3-8,10-13,19,22-23H,9,14-18H2,1-2H3,(H,27,32)(H,28,29)(H,30,31). The zero-order valence-electron chi connectivity index (χ0n) is 18.9. The molecule has 0 saturated carbocycles. The highest BCUT2D eigenvalue weighted by Crippen LogP contribution is 2.16. The second-order valence-corrected chi connectivity index (χ2v) is 9.00. The first-order chi connectivity index (χ1) is 15.3. The van der Waals surface area contributed by atoms with Gasteiger partial charge in [-0.2, -0.15) is 0 Å². The summed E-state index contributed by atoms with van der Waals surface area (Å²) in [6.07, 6.45) is 2.84. The van der Waals surface area contributed by atoms with E-state index in [0.29, 0.717) is 24.4 Å². The van der Waals surface area contributed by atoms with E-state index in [1.165, 1.54) is 5.56 Å². The van der Waals surface area contributed by atoms with Crippen LogP contribution in [0.2, 0.25) is 0 Å². The molecule has 1 amide bonds. The van der Waals surface area contributed by atoms with Crippen molar-refractivity contribution in [1.29, 1.82) is 0 Å². The molecule has 2 aromatic rings. The number of carboxylic acid groups (broad SMARTS) is 1. The van der Waals surface area contributed by atoms with Crippen LogP contribution in [0.3, 0.4) is 0 Å². The van der Waals surface area contributed by atoms with Gasteiger partial charge in [-0.05, 0) is 42.7 Å². The van der Waals surface area contributed by atoms with Crippen molar-refractivity contribution in [3.8, 4) is 0 Å². The zero-order valence-corrected chi connectivity index (χ0v) is 19.7. The van der Waals surface area contributed by atoms with Gasteiger partial charge >= 0.3 is 5.97 Å². The molecule has 0 bridgehead atoms. The Bertz CT molecular complexity index is 856. The van der Waals surface area contributed by atoms with Crippen molar-refractivity contribution >= 4 is 29.1 Å². The van der Waals surface area contributed by atoms with Gasteiger partial charge < -0.3 is 15.7 Å². The number of carboxylic acids is 1. The molecule has 0 aliphatic rings. The summed E-state index contributed by atoms with van der Waals surface area (Å²) in [5.41, 5.74) is 2.34. The minimum Gasteiger partial charge on any atom is -0.481 e. The van der Waals surface area contributed by atoms with Crippen LogP contribution >= 0.6 is 12.2 Å². The second-order valence-electron chi connectivity index (χ2n) is 8.56. The maximum absolute atomic E-state index is 12.7. The van der Waals surface area contributed by atoms with Crippen LogP contribution in [0.1, 0.15) is 44.2 Å². The van der Waals surface area contributed by atoms with Gasteiger partial charge in [0.25, 0.3) is 0 Å². The van der Waals surface area contributed by atoms with Crippen molar-refractivity contribution in [2.45, 2.75) is 52.0 Å². The average molecular weight is 455 g/mol. The van der Waals surface area contributed by atoms with Crippen LogP contribution in [0.4, 0.5) is 0 Å². The van der Waals surface area contributed by atoms with E-state index in [2.05, 4.69) is 22.8 Å². The number of thiocarbonyl (C=S) groups is 1. The molecule has 0 aliphatic heterocycles. The molecule has 0 heterocycles. The molecule has 0 aliphatic carbocycles. The van der Waals surface area contributed by atoms with Crippen molar-refractivity contribution < 1.29 is 14.7 Å². The molecular weight excluding hydrogens is 420 g/mol. The number of carbonyl (C=O) groups is 2. The van der Waals surface area contributed by atoms with Gasteiger partial charge in [-0.25, -0.2) is 0 Å². The summed E-state index contributed by atoms with van der Waals surface area (Å²) in [6.45, 7) is 4.63. The fourth-order valence-corrected chi connectivity index (χ4v) is 3.89. The van der Waals surface area contributed by atoms with Gasteiger partial charge in [0.15, 0.2) is 0 Å². The Morgan fingerprint density at radius 2 is 1.56 bits per heavy atom. The van der Waals surface area contributed by atoms with Crippen molar-refractivity contribution in [1.82, 2.24) is 10.6 Å². The van der Waals surface area contributed by atoms with Crippen molar-refractivity contribution in [3.05, 3.63) is 71.8 Å². The highest BCUT2D eigenvalue weighted by atomic mass is 32.1. The van der Waals surface area contributed by atoms with E-state index >= 15 is 0 Å². The highest BCUT2D eigenvalue weighted by Gasteiger charge is 2.25. The highest BCUT2D eigenvalue weighted by molar-refractivity contribution is 7.80. The van der Waals surface area contributed by atoms with Crippen LogP contribution in [0.15, 0.2) is 60.7 Å². The number of hydrogen-bond acceptors (Lipinski definition) is 3. The first-order valence-corrected chi connectivity index (χ1v) is 11.6. The lowest BCUT2D eigenvalue weighted by Crippen LogP contribution is -2.48. The van der Waals surface area contributed by atoms with E-state index in [1.807, 2.05) is 62.4 Å². The van der Waals surface area contributed by atoms with Gasteiger partial charge in [-0.1, -0.05) is 86.7 Å². The van der Waals surface area contributed by atoms with Crippen molar-refractivity contribution in [2.75, 3.05) is 6.54 Å². The third-order valence-corrected chi connectivity index (χ3v) is 5.68. The molecule has 6 heteroatoms. The van der Waals surface area contributed by atoms with Crippen LogP contribution in [0, 0.1) is 11.8 Å². The molecule has 172 valence electrons. The third-order valence-electron chi connectivity index (χ3n) is 5.26. The molecule has 0 spiro atoms. The minimum atomic E-state index is -0.935. The Labute approximate surface area is 196 Å². The molecule has 5 nitrogen and oxygen atoms in total. The van der Waals surface area contributed by atoms with Gasteiger partial charge in [-0.15, -0.1) is 0 Å². The maximum Gasteiger partial charge on any atom is 0.307 e. The predicted octanol–water partition coefficient (Wildman–Crippen LogP) is 4.40. The molecule has 2 unspecified atom stereocenters. The Morgan fingerprint density at radius 3 is 2.12 bits per heavy atom. The van der Waals surface area contributed by atoms with Gasteiger partial charge in [0, 0.05) is 13.0 Å². The number of carbonyl (C=O) groups excluding carboxylic acids is 1. The number of benzene rings is 2. The van der Waals surface area contributed by atoms with E-state index in [0.717, 1.165) is 18.4 Å².